The van der Waals surface area contributed by atoms with Gasteiger partial charge in [0, 0.05) is 5.38 Å². The van der Waals surface area contributed by atoms with E-state index in [4.69, 9.17) is 23.2 Å². The molecule has 1 N–H and O–H groups in total. The van der Waals surface area contributed by atoms with E-state index in [-0.39, 0.29) is 11.4 Å². The van der Waals surface area contributed by atoms with Crippen LogP contribution in [0.4, 0.5) is 0 Å². The number of aromatic hydroxyl groups is 1. The van der Waals surface area contributed by atoms with E-state index in [2.05, 4.69) is 0 Å². The van der Waals surface area contributed by atoms with Crippen molar-refractivity contribution in [2.45, 2.75) is 13.5 Å². The number of rotatable bonds is 2. The molecule has 0 saturated carbocycles. The highest BCUT2D eigenvalue weighted by atomic mass is 35.5. The molecule has 0 fully saturated rings. The lowest BCUT2D eigenvalue weighted by atomic mass is 10.2. The van der Waals surface area contributed by atoms with E-state index in [9.17, 15) is 9.90 Å². The van der Waals surface area contributed by atoms with E-state index in [0.29, 0.717) is 27.1 Å². The van der Waals surface area contributed by atoms with Crippen LogP contribution in [-0.4, -0.2) is 9.51 Å². The summed E-state index contributed by atoms with van der Waals surface area (Å²) >= 11 is 13.3. The molecule has 0 radical (unpaired) electrons. The molecule has 0 aliphatic carbocycles. The van der Waals surface area contributed by atoms with Crippen molar-refractivity contribution in [3.05, 3.63) is 61.3 Å². The van der Waals surface area contributed by atoms with E-state index in [1.54, 1.807) is 35.2 Å². The minimum atomic E-state index is -0.214. The van der Waals surface area contributed by atoms with Crippen LogP contribution in [0.2, 0.25) is 10.0 Å². The Hall–Kier alpha value is -1.56. The van der Waals surface area contributed by atoms with Crippen molar-refractivity contribution < 1.29 is 9.67 Å². The summed E-state index contributed by atoms with van der Waals surface area (Å²) in [6.07, 6.45) is 1.69. The minimum Gasteiger partial charge on any atom is -0.477 e. The summed E-state index contributed by atoms with van der Waals surface area (Å²) < 4.78 is 3.21. The number of halogens is 2. The Morgan fingerprint density at radius 2 is 2.10 bits per heavy atom. The fourth-order valence-corrected chi connectivity index (χ4v) is 3.31. The molecule has 2 heterocycles. The number of hydrogen-bond acceptors (Lipinski definition) is 3. The zero-order valence-corrected chi connectivity index (χ0v) is 13.3. The average Bonchev–Trinajstić information content (AvgIpc) is 2.94. The van der Waals surface area contributed by atoms with Crippen molar-refractivity contribution in [3.63, 3.8) is 0 Å². The van der Waals surface area contributed by atoms with E-state index < -0.39 is 0 Å². The Balaban J connectivity index is 2.18. The van der Waals surface area contributed by atoms with E-state index in [1.165, 1.54) is 15.7 Å². The Morgan fingerprint density at radius 3 is 2.81 bits per heavy atom. The van der Waals surface area contributed by atoms with E-state index in [0.717, 1.165) is 5.56 Å². The number of nitrogens with zero attached hydrogens (tertiary/aromatic N) is 2. The number of thiazole rings is 1. The first-order valence-electron chi connectivity index (χ1n) is 6.14. The fraction of sp³-hybridized carbons (Fsp3) is 0.143. The predicted molar refractivity (Wildman–Crippen MR) is 83.7 cm³/mol. The second-order valence-electron chi connectivity index (χ2n) is 4.64. The van der Waals surface area contributed by atoms with Crippen molar-refractivity contribution in [2.75, 3.05) is 0 Å². The summed E-state index contributed by atoms with van der Waals surface area (Å²) in [6, 6.07) is 5.30. The van der Waals surface area contributed by atoms with Gasteiger partial charge in [0.2, 0.25) is 0 Å². The third-order valence-electron chi connectivity index (χ3n) is 3.28. The van der Waals surface area contributed by atoms with Gasteiger partial charge in [-0.3, -0.25) is 0 Å². The van der Waals surface area contributed by atoms with E-state index in [1.807, 2.05) is 6.07 Å². The SMILES string of the molecule is Cc1c(O)[n+](Cc2ccc(Cl)c(Cl)c2)c2sccn2c1=O. The lowest BCUT2D eigenvalue weighted by molar-refractivity contribution is -0.670. The van der Waals surface area contributed by atoms with Gasteiger partial charge in [-0.15, -0.1) is 0 Å². The summed E-state index contributed by atoms with van der Waals surface area (Å²) in [5.41, 5.74) is 0.984. The molecule has 0 unspecified atom stereocenters. The van der Waals surface area contributed by atoms with Crippen LogP contribution in [0.1, 0.15) is 11.1 Å². The van der Waals surface area contributed by atoms with Crippen LogP contribution < -0.4 is 10.1 Å². The summed E-state index contributed by atoms with van der Waals surface area (Å²) in [5, 5.41) is 13.0. The third kappa shape index (κ3) is 2.41. The van der Waals surface area contributed by atoms with Crippen molar-refractivity contribution in [1.82, 2.24) is 4.40 Å². The van der Waals surface area contributed by atoms with Gasteiger partial charge in [0.25, 0.3) is 5.88 Å². The standard InChI is InChI=1S/C14H10Cl2N2O2S/c1-8-12(19)17-4-5-21-14(17)18(13(8)20)7-9-2-3-10(15)11(16)6-9/h2-6H,7H2,1H3/p+1. The molecule has 2 aromatic heterocycles. The van der Waals surface area contributed by atoms with E-state index >= 15 is 0 Å². The third-order valence-corrected chi connectivity index (χ3v) is 4.90. The molecule has 3 aromatic rings. The number of aromatic nitrogens is 2. The Morgan fingerprint density at radius 1 is 1.33 bits per heavy atom. The Labute approximate surface area is 134 Å². The zero-order chi connectivity index (χ0) is 15.1. The molecule has 3 rings (SSSR count). The first-order chi connectivity index (χ1) is 9.99. The van der Waals surface area contributed by atoms with Crippen molar-refractivity contribution in [1.29, 1.82) is 0 Å². The van der Waals surface area contributed by atoms with Gasteiger partial charge in [-0.05, 0) is 24.6 Å². The predicted octanol–water partition coefficient (Wildman–Crippen LogP) is 3.02. The zero-order valence-electron chi connectivity index (χ0n) is 11.0. The molecule has 0 aliphatic rings. The Bertz CT molecular complexity index is 902. The van der Waals surface area contributed by atoms with Crippen LogP contribution in [0.5, 0.6) is 5.88 Å². The maximum Gasteiger partial charge on any atom is 0.351 e. The lowest BCUT2D eigenvalue weighted by Crippen LogP contribution is -2.40. The highest BCUT2D eigenvalue weighted by Crippen LogP contribution is 2.23. The van der Waals surface area contributed by atoms with Gasteiger partial charge in [-0.25, -0.2) is 4.79 Å². The van der Waals surface area contributed by atoms with Gasteiger partial charge >= 0.3 is 10.5 Å². The van der Waals surface area contributed by atoms with Gasteiger partial charge in [0.1, 0.15) is 18.3 Å². The molecule has 108 valence electrons. The molecule has 0 atom stereocenters. The molecule has 0 bridgehead atoms. The molecule has 0 amide bonds. The monoisotopic (exact) mass is 341 g/mol. The molecule has 0 saturated heterocycles. The van der Waals surface area contributed by atoms with Crippen molar-refractivity contribution in [2.24, 2.45) is 0 Å². The van der Waals surface area contributed by atoms with Crippen LogP contribution in [0.3, 0.4) is 0 Å². The minimum absolute atomic E-state index is 0.0338. The van der Waals surface area contributed by atoms with Crippen LogP contribution in [-0.2, 0) is 6.54 Å². The molecule has 21 heavy (non-hydrogen) atoms. The topological polar surface area (TPSA) is 45.6 Å². The van der Waals surface area contributed by atoms with Gasteiger partial charge in [-0.1, -0.05) is 40.6 Å². The van der Waals surface area contributed by atoms with Crippen molar-refractivity contribution in [3.8, 4) is 5.88 Å². The van der Waals surface area contributed by atoms with Crippen LogP contribution in [0, 0.1) is 6.92 Å². The molecular weight excluding hydrogens is 331 g/mol. The smallest absolute Gasteiger partial charge is 0.351 e. The molecule has 0 spiro atoms. The Kier molecular flexibility index (Phi) is 3.65. The molecular formula is C14H11Cl2N2O2S+. The molecule has 0 aliphatic heterocycles. The van der Waals surface area contributed by atoms with Gasteiger partial charge in [-0.2, -0.15) is 8.97 Å². The quantitative estimate of drug-likeness (QED) is 0.728. The second-order valence-corrected chi connectivity index (χ2v) is 6.33. The second kappa shape index (κ2) is 5.33. The van der Waals surface area contributed by atoms with Gasteiger partial charge in [0.15, 0.2) is 0 Å². The van der Waals surface area contributed by atoms with Gasteiger partial charge in [0.05, 0.1) is 10.0 Å². The summed E-state index contributed by atoms with van der Waals surface area (Å²) in [7, 11) is 0. The van der Waals surface area contributed by atoms with Gasteiger partial charge < -0.3 is 5.11 Å². The normalized spacial score (nSPS) is 11.2. The van der Waals surface area contributed by atoms with Crippen LogP contribution in [0.25, 0.3) is 4.96 Å². The molecule has 1 aromatic carbocycles. The maximum atomic E-state index is 12.1. The first-order valence-corrected chi connectivity index (χ1v) is 7.77. The number of fused-ring (bicyclic) bond motifs is 1. The molecule has 7 heteroatoms. The van der Waals surface area contributed by atoms with Crippen LogP contribution in [0.15, 0.2) is 34.6 Å². The number of hydrogen-bond donors (Lipinski definition) is 1. The fourth-order valence-electron chi connectivity index (χ4n) is 2.15. The highest BCUT2D eigenvalue weighted by Gasteiger charge is 2.22. The first kappa shape index (κ1) is 14.4. The average molecular weight is 342 g/mol. The highest BCUT2D eigenvalue weighted by molar-refractivity contribution is 7.14. The lowest BCUT2D eigenvalue weighted by Gasteiger charge is -2.06. The molecule has 4 nitrogen and oxygen atoms in total. The largest absolute Gasteiger partial charge is 0.477 e. The summed E-state index contributed by atoms with van der Waals surface area (Å²) in [5.74, 6) is -0.0338. The summed E-state index contributed by atoms with van der Waals surface area (Å²) in [6.45, 7) is 2.00. The number of benzene rings is 1. The maximum absolute atomic E-state index is 12.1. The summed E-state index contributed by atoms with van der Waals surface area (Å²) in [4.78, 5) is 12.7. The van der Waals surface area contributed by atoms with Crippen molar-refractivity contribution >= 4 is 39.5 Å². The van der Waals surface area contributed by atoms with Crippen LogP contribution >= 0.6 is 34.5 Å².